The van der Waals surface area contributed by atoms with Crippen molar-refractivity contribution >= 4 is 0 Å². The Labute approximate surface area is 123 Å². The Morgan fingerprint density at radius 2 is 1.86 bits per heavy atom. The van der Waals surface area contributed by atoms with E-state index in [0.717, 1.165) is 36.7 Å². The van der Waals surface area contributed by atoms with Gasteiger partial charge in [0.25, 0.3) is 0 Å². The Bertz CT molecular complexity index is 560. The number of nitrogens with one attached hydrogen (secondary N) is 1. The molecule has 0 fully saturated rings. The van der Waals surface area contributed by atoms with Gasteiger partial charge in [-0.15, -0.1) is 0 Å². The number of hydrogen-bond donors (Lipinski definition) is 1. The molecule has 0 aliphatic carbocycles. The molecule has 0 aromatic heterocycles. The number of halogens is 2. The largest absolute Gasteiger partial charge is 0.481 e. The molecule has 2 aromatic rings. The van der Waals surface area contributed by atoms with Crippen molar-refractivity contribution in [2.75, 3.05) is 13.1 Å². The lowest BCUT2D eigenvalue weighted by atomic mass is 10.1. The molecule has 4 heteroatoms. The first-order chi connectivity index (χ1) is 10.2. The van der Waals surface area contributed by atoms with Gasteiger partial charge >= 0.3 is 0 Å². The highest BCUT2D eigenvalue weighted by atomic mass is 19.1. The fraction of sp³-hybridized carbons (Fsp3) is 0.294. The zero-order valence-corrected chi connectivity index (χ0v) is 12.0. The molecule has 1 unspecified atom stereocenters. The van der Waals surface area contributed by atoms with Gasteiger partial charge in [0, 0.05) is 12.6 Å². The van der Waals surface area contributed by atoms with Crippen molar-refractivity contribution in [3.05, 3.63) is 65.7 Å². The lowest BCUT2D eigenvalue weighted by molar-refractivity contribution is 0.192. The maximum atomic E-state index is 13.7. The average Bonchev–Trinajstić information content (AvgIpc) is 2.51. The Balaban J connectivity index is 2.17. The Morgan fingerprint density at radius 1 is 1.10 bits per heavy atom. The molecule has 0 radical (unpaired) electrons. The van der Waals surface area contributed by atoms with Gasteiger partial charge in [0.05, 0.1) is 0 Å². The second-order valence-electron chi connectivity index (χ2n) is 4.80. The molecule has 2 aromatic carbocycles. The minimum Gasteiger partial charge on any atom is -0.481 e. The summed E-state index contributed by atoms with van der Waals surface area (Å²) >= 11 is 0. The molecule has 1 atom stereocenters. The van der Waals surface area contributed by atoms with E-state index in [1.165, 1.54) is 0 Å². The first kappa shape index (κ1) is 15.4. The second kappa shape index (κ2) is 7.74. The van der Waals surface area contributed by atoms with E-state index in [1.807, 2.05) is 30.3 Å². The van der Waals surface area contributed by atoms with Gasteiger partial charge in [0.15, 0.2) is 11.6 Å². The summed E-state index contributed by atoms with van der Waals surface area (Å²) in [6.45, 7) is 3.45. The topological polar surface area (TPSA) is 21.3 Å². The summed E-state index contributed by atoms with van der Waals surface area (Å²) in [6.07, 6.45) is 0.629. The number of rotatable bonds is 7. The molecular weight excluding hydrogens is 272 g/mol. The molecule has 0 heterocycles. The molecule has 1 N–H and O–H groups in total. The standard InChI is InChI=1S/C17H19F2NO/c1-2-10-20-12-17(13-6-4-3-5-7-13)21-16-11-14(18)8-9-15(16)19/h3-9,11,17,20H,2,10,12H2,1H3. The van der Waals surface area contributed by atoms with Crippen molar-refractivity contribution < 1.29 is 13.5 Å². The molecular formula is C17H19F2NO. The van der Waals surface area contributed by atoms with Crippen LogP contribution in [0.2, 0.25) is 0 Å². The molecule has 0 bridgehead atoms. The van der Waals surface area contributed by atoms with Crippen LogP contribution in [0, 0.1) is 11.6 Å². The van der Waals surface area contributed by atoms with Gasteiger partial charge in [-0.3, -0.25) is 0 Å². The van der Waals surface area contributed by atoms with E-state index in [4.69, 9.17) is 4.74 Å². The molecule has 0 saturated carbocycles. The van der Waals surface area contributed by atoms with Crippen LogP contribution in [0.1, 0.15) is 25.0 Å². The van der Waals surface area contributed by atoms with E-state index < -0.39 is 11.6 Å². The molecule has 2 nitrogen and oxygen atoms in total. The third-order valence-corrected chi connectivity index (χ3v) is 3.09. The van der Waals surface area contributed by atoms with Gasteiger partial charge in [-0.1, -0.05) is 37.3 Å². The van der Waals surface area contributed by atoms with Crippen molar-refractivity contribution in [3.63, 3.8) is 0 Å². The molecule has 0 spiro atoms. The summed E-state index contributed by atoms with van der Waals surface area (Å²) in [6, 6.07) is 12.8. The summed E-state index contributed by atoms with van der Waals surface area (Å²) in [7, 11) is 0. The fourth-order valence-corrected chi connectivity index (χ4v) is 2.03. The van der Waals surface area contributed by atoms with Gasteiger partial charge in [0.1, 0.15) is 11.9 Å². The van der Waals surface area contributed by atoms with Crippen LogP contribution in [-0.2, 0) is 0 Å². The zero-order valence-electron chi connectivity index (χ0n) is 12.0. The summed E-state index contributed by atoms with van der Waals surface area (Å²) in [4.78, 5) is 0. The quantitative estimate of drug-likeness (QED) is 0.776. The van der Waals surface area contributed by atoms with Crippen LogP contribution in [-0.4, -0.2) is 13.1 Å². The van der Waals surface area contributed by atoms with Crippen LogP contribution < -0.4 is 10.1 Å². The molecule has 0 aliphatic rings. The molecule has 0 amide bonds. The van der Waals surface area contributed by atoms with Crippen molar-refractivity contribution in [1.82, 2.24) is 5.32 Å². The van der Waals surface area contributed by atoms with E-state index in [1.54, 1.807) is 0 Å². The first-order valence-electron chi connectivity index (χ1n) is 7.08. The van der Waals surface area contributed by atoms with Crippen molar-refractivity contribution in [2.24, 2.45) is 0 Å². The highest BCUT2D eigenvalue weighted by Gasteiger charge is 2.15. The monoisotopic (exact) mass is 291 g/mol. The molecule has 2 rings (SSSR count). The van der Waals surface area contributed by atoms with Crippen molar-refractivity contribution in [2.45, 2.75) is 19.4 Å². The van der Waals surface area contributed by atoms with Crippen LogP contribution >= 0.6 is 0 Å². The number of ether oxygens (including phenoxy) is 1. The zero-order chi connectivity index (χ0) is 15.1. The third-order valence-electron chi connectivity index (χ3n) is 3.09. The maximum Gasteiger partial charge on any atom is 0.165 e. The minimum atomic E-state index is -0.562. The Morgan fingerprint density at radius 3 is 2.57 bits per heavy atom. The smallest absolute Gasteiger partial charge is 0.165 e. The van der Waals surface area contributed by atoms with Gasteiger partial charge in [-0.05, 0) is 30.7 Å². The second-order valence-corrected chi connectivity index (χ2v) is 4.80. The van der Waals surface area contributed by atoms with Crippen molar-refractivity contribution in [3.8, 4) is 5.75 Å². The van der Waals surface area contributed by atoms with Crippen LogP contribution in [0.5, 0.6) is 5.75 Å². The molecule has 0 saturated heterocycles. The van der Waals surface area contributed by atoms with E-state index in [9.17, 15) is 8.78 Å². The molecule has 21 heavy (non-hydrogen) atoms. The third kappa shape index (κ3) is 4.53. The lowest BCUT2D eigenvalue weighted by Gasteiger charge is -2.20. The summed E-state index contributed by atoms with van der Waals surface area (Å²) in [5.74, 6) is -1.14. The van der Waals surface area contributed by atoms with Crippen LogP contribution in [0.3, 0.4) is 0 Å². The SMILES string of the molecule is CCCNCC(Oc1cc(F)ccc1F)c1ccccc1. The maximum absolute atomic E-state index is 13.7. The van der Waals surface area contributed by atoms with Gasteiger partial charge in [-0.25, -0.2) is 8.78 Å². The highest BCUT2D eigenvalue weighted by Crippen LogP contribution is 2.25. The van der Waals surface area contributed by atoms with E-state index in [-0.39, 0.29) is 11.9 Å². The Hall–Kier alpha value is -1.94. The van der Waals surface area contributed by atoms with E-state index in [0.29, 0.717) is 6.54 Å². The number of benzene rings is 2. The Kier molecular flexibility index (Phi) is 5.69. The van der Waals surface area contributed by atoms with Crippen LogP contribution in [0.15, 0.2) is 48.5 Å². The van der Waals surface area contributed by atoms with Crippen molar-refractivity contribution in [1.29, 1.82) is 0 Å². The van der Waals surface area contributed by atoms with Crippen LogP contribution in [0.4, 0.5) is 8.78 Å². The predicted molar refractivity (Wildman–Crippen MR) is 79.3 cm³/mol. The van der Waals surface area contributed by atoms with E-state index >= 15 is 0 Å². The van der Waals surface area contributed by atoms with Gasteiger partial charge in [0.2, 0.25) is 0 Å². The highest BCUT2D eigenvalue weighted by molar-refractivity contribution is 5.27. The fourth-order valence-electron chi connectivity index (χ4n) is 2.03. The molecule has 112 valence electrons. The first-order valence-corrected chi connectivity index (χ1v) is 7.08. The molecule has 0 aliphatic heterocycles. The summed E-state index contributed by atoms with van der Waals surface area (Å²) in [5, 5.41) is 3.25. The average molecular weight is 291 g/mol. The van der Waals surface area contributed by atoms with Crippen LogP contribution in [0.25, 0.3) is 0 Å². The van der Waals surface area contributed by atoms with E-state index in [2.05, 4.69) is 12.2 Å². The van der Waals surface area contributed by atoms with Gasteiger partial charge in [-0.2, -0.15) is 0 Å². The number of hydrogen-bond acceptors (Lipinski definition) is 2. The minimum absolute atomic E-state index is 0.0675. The van der Waals surface area contributed by atoms with Gasteiger partial charge < -0.3 is 10.1 Å². The normalized spacial score (nSPS) is 12.1. The summed E-state index contributed by atoms with van der Waals surface area (Å²) < 4.78 is 32.6. The predicted octanol–water partition coefficient (Wildman–Crippen LogP) is 4.08. The lowest BCUT2D eigenvalue weighted by Crippen LogP contribution is -2.26. The summed E-state index contributed by atoms with van der Waals surface area (Å²) in [5.41, 5.74) is 0.921.